The van der Waals surface area contributed by atoms with Gasteiger partial charge in [0.25, 0.3) is 0 Å². The molecular weight excluding hydrogens is 252 g/mol. The van der Waals surface area contributed by atoms with Crippen molar-refractivity contribution in [2.75, 3.05) is 12.5 Å². The topological polar surface area (TPSA) is 54.2 Å². The van der Waals surface area contributed by atoms with Gasteiger partial charge in [0, 0.05) is 13.2 Å². The summed E-state index contributed by atoms with van der Waals surface area (Å²) in [4.78, 5) is 4.09. The number of rotatable bonds is 2. The second-order valence-electron chi connectivity index (χ2n) is 2.34. The summed E-state index contributed by atoms with van der Waals surface area (Å²) in [7, 11) is 1.73. The molecule has 1 heterocycles. The number of halogens is 1. The Balaban J connectivity index is 2.74. The fourth-order valence-corrected chi connectivity index (χ4v) is 1.07. The minimum Gasteiger partial charge on any atom is -0.375 e. The van der Waals surface area contributed by atoms with Crippen LogP contribution >= 0.6 is 28.1 Å². The van der Waals surface area contributed by atoms with Gasteiger partial charge in [-0.3, -0.25) is 10.4 Å². The lowest BCUT2D eigenvalue weighted by molar-refractivity contribution is 0.608. The molecule has 0 fully saturated rings. The first-order valence-electron chi connectivity index (χ1n) is 3.51. The summed E-state index contributed by atoms with van der Waals surface area (Å²) in [6.45, 7) is 0. The third-order valence-electron chi connectivity index (χ3n) is 1.36. The summed E-state index contributed by atoms with van der Waals surface area (Å²) in [5, 5.41) is 1.78. The van der Waals surface area contributed by atoms with Gasteiger partial charge in [-0.05, 0) is 40.3 Å². The van der Waals surface area contributed by atoms with E-state index in [0.717, 1.165) is 4.47 Å². The molecule has 0 aliphatic carbocycles. The zero-order chi connectivity index (χ0) is 9.84. The average Bonchev–Trinajstić information content (AvgIpc) is 2.08. The Morgan fingerprint density at radius 2 is 2.46 bits per heavy atom. The summed E-state index contributed by atoms with van der Waals surface area (Å²) >= 11 is 8.10. The maximum Gasteiger partial charge on any atom is 0.184 e. The third kappa shape index (κ3) is 2.82. The standard InChI is InChI=1S/C7H9BrN4S/c1-12(7(9)13)11-6-5(8)3-2-4-10-6/h2-4H,1H3,(H2,9,13)(H,10,11). The maximum atomic E-state index is 5.39. The highest BCUT2D eigenvalue weighted by atomic mass is 79.9. The van der Waals surface area contributed by atoms with Crippen LogP contribution in [-0.2, 0) is 0 Å². The van der Waals surface area contributed by atoms with Crippen LogP contribution in [0.25, 0.3) is 0 Å². The van der Waals surface area contributed by atoms with Gasteiger partial charge in [0.05, 0.1) is 4.47 Å². The molecule has 0 aliphatic heterocycles. The number of pyridine rings is 1. The van der Waals surface area contributed by atoms with Gasteiger partial charge in [-0.25, -0.2) is 4.98 Å². The molecule has 1 rings (SSSR count). The van der Waals surface area contributed by atoms with Crippen molar-refractivity contribution in [3.63, 3.8) is 0 Å². The van der Waals surface area contributed by atoms with Crippen LogP contribution in [0.5, 0.6) is 0 Å². The van der Waals surface area contributed by atoms with Gasteiger partial charge in [-0.15, -0.1) is 0 Å². The highest BCUT2D eigenvalue weighted by Gasteiger charge is 2.03. The van der Waals surface area contributed by atoms with E-state index in [9.17, 15) is 0 Å². The van der Waals surface area contributed by atoms with Crippen LogP contribution < -0.4 is 11.2 Å². The van der Waals surface area contributed by atoms with Crippen molar-refractivity contribution in [1.82, 2.24) is 9.99 Å². The Labute approximate surface area is 90.2 Å². The van der Waals surface area contributed by atoms with E-state index in [1.54, 1.807) is 13.2 Å². The largest absolute Gasteiger partial charge is 0.375 e. The third-order valence-corrected chi connectivity index (χ3v) is 2.28. The van der Waals surface area contributed by atoms with Gasteiger partial charge in [-0.1, -0.05) is 0 Å². The normalized spacial score (nSPS) is 9.38. The number of nitrogens with two attached hydrogens (primary N) is 1. The Morgan fingerprint density at radius 3 is 3.00 bits per heavy atom. The number of aromatic nitrogens is 1. The van der Waals surface area contributed by atoms with Crippen LogP contribution in [0.15, 0.2) is 22.8 Å². The summed E-state index contributed by atoms with van der Waals surface area (Å²) in [5.41, 5.74) is 8.30. The monoisotopic (exact) mass is 260 g/mol. The van der Waals surface area contributed by atoms with Crippen LogP contribution in [0.1, 0.15) is 0 Å². The number of hydrogen-bond acceptors (Lipinski definition) is 3. The quantitative estimate of drug-likeness (QED) is 0.621. The molecule has 0 amide bonds. The van der Waals surface area contributed by atoms with Crippen molar-refractivity contribution in [2.45, 2.75) is 0 Å². The fraction of sp³-hybridized carbons (Fsp3) is 0.143. The van der Waals surface area contributed by atoms with Gasteiger partial charge in [0.1, 0.15) is 0 Å². The summed E-state index contributed by atoms with van der Waals surface area (Å²) in [5.74, 6) is 0.679. The average molecular weight is 261 g/mol. The van der Waals surface area contributed by atoms with E-state index >= 15 is 0 Å². The molecule has 4 nitrogen and oxygen atoms in total. The molecule has 0 radical (unpaired) electrons. The molecule has 0 unspecified atom stereocenters. The number of nitrogens with zero attached hydrogens (tertiary/aromatic N) is 2. The lowest BCUT2D eigenvalue weighted by atomic mass is 10.5. The number of thiocarbonyl (C=S) groups is 1. The Hall–Kier alpha value is -0.880. The van der Waals surface area contributed by atoms with Gasteiger partial charge in [0.15, 0.2) is 10.9 Å². The highest BCUT2D eigenvalue weighted by molar-refractivity contribution is 9.10. The molecule has 1 aromatic rings. The molecule has 0 bridgehead atoms. The van der Waals surface area contributed by atoms with E-state index in [2.05, 4.69) is 26.3 Å². The molecule has 0 atom stereocenters. The van der Waals surface area contributed by atoms with Crippen molar-refractivity contribution in [1.29, 1.82) is 0 Å². The first kappa shape index (κ1) is 10.2. The second-order valence-corrected chi connectivity index (χ2v) is 3.62. The van der Waals surface area contributed by atoms with Crippen molar-refractivity contribution in [2.24, 2.45) is 5.73 Å². The smallest absolute Gasteiger partial charge is 0.184 e. The van der Waals surface area contributed by atoms with Crippen LogP contribution in [0, 0.1) is 0 Å². The minimum absolute atomic E-state index is 0.262. The molecule has 0 aliphatic rings. The molecule has 13 heavy (non-hydrogen) atoms. The van der Waals surface area contributed by atoms with E-state index < -0.39 is 0 Å². The number of nitrogens with one attached hydrogen (secondary N) is 1. The first-order chi connectivity index (χ1) is 6.11. The number of hydrogen-bond donors (Lipinski definition) is 2. The van der Waals surface area contributed by atoms with Gasteiger partial charge in [-0.2, -0.15) is 0 Å². The summed E-state index contributed by atoms with van der Waals surface area (Å²) < 4.78 is 0.859. The van der Waals surface area contributed by atoms with Gasteiger partial charge >= 0.3 is 0 Å². The lowest BCUT2D eigenvalue weighted by Crippen LogP contribution is -2.36. The van der Waals surface area contributed by atoms with E-state index in [1.165, 1.54) is 5.01 Å². The Morgan fingerprint density at radius 1 is 1.77 bits per heavy atom. The SMILES string of the molecule is CN(Nc1ncccc1Br)C(N)=S. The van der Waals surface area contributed by atoms with Crippen molar-refractivity contribution >= 4 is 39.1 Å². The summed E-state index contributed by atoms with van der Waals surface area (Å²) in [6.07, 6.45) is 1.68. The molecule has 0 aromatic carbocycles. The van der Waals surface area contributed by atoms with Crippen LogP contribution in [-0.4, -0.2) is 22.2 Å². The van der Waals surface area contributed by atoms with Crippen molar-refractivity contribution < 1.29 is 0 Å². The molecule has 6 heteroatoms. The highest BCUT2D eigenvalue weighted by Crippen LogP contribution is 2.18. The second kappa shape index (κ2) is 4.38. The molecule has 0 spiro atoms. The number of hydrazine groups is 1. The fourth-order valence-electron chi connectivity index (χ4n) is 0.682. The van der Waals surface area contributed by atoms with Crippen LogP contribution in [0.2, 0.25) is 0 Å². The van der Waals surface area contributed by atoms with Crippen molar-refractivity contribution in [3.8, 4) is 0 Å². The molecule has 70 valence electrons. The van der Waals surface area contributed by atoms with Gasteiger partial charge in [0.2, 0.25) is 0 Å². The summed E-state index contributed by atoms with van der Waals surface area (Å²) in [6, 6.07) is 3.71. The zero-order valence-electron chi connectivity index (χ0n) is 6.99. The van der Waals surface area contributed by atoms with Crippen LogP contribution in [0.4, 0.5) is 5.82 Å². The molecule has 0 saturated heterocycles. The predicted octanol–water partition coefficient (Wildman–Crippen LogP) is 1.35. The molecular formula is C7H9BrN4S. The van der Waals surface area contributed by atoms with Gasteiger partial charge < -0.3 is 5.73 Å². The minimum atomic E-state index is 0.262. The maximum absolute atomic E-state index is 5.39. The van der Waals surface area contributed by atoms with E-state index in [4.69, 9.17) is 18.0 Å². The molecule has 0 saturated carbocycles. The molecule has 3 N–H and O–H groups in total. The molecule has 1 aromatic heterocycles. The van der Waals surface area contributed by atoms with E-state index in [-0.39, 0.29) is 5.11 Å². The first-order valence-corrected chi connectivity index (χ1v) is 4.71. The lowest BCUT2D eigenvalue weighted by Gasteiger charge is -2.18. The van der Waals surface area contributed by atoms with Crippen molar-refractivity contribution in [3.05, 3.63) is 22.8 Å². The van der Waals surface area contributed by atoms with Crippen LogP contribution in [0.3, 0.4) is 0 Å². The van der Waals surface area contributed by atoms with E-state index in [0.29, 0.717) is 5.82 Å². The Kier molecular flexibility index (Phi) is 3.44. The zero-order valence-corrected chi connectivity index (χ0v) is 9.39. The van der Waals surface area contributed by atoms with E-state index in [1.807, 2.05) is 12.1 Å². The Bertz CT molecular complexity index is 317. The number of anilines is 1. The predicted molar refractivity (Wildman–Crippen MR) is 60.1 cm³/mol.